The first-order valence-electron chi connectivity index (χ1n) is 6.80. The fraction of sp³-hybridized carbons (Fsp3) is 0.357. The van der Waals surface area contributed by atoms with E-state index >= 15 is 0 Å². The van der Waals surface area contributed by atoms with Crippen molar-refractivity contribution in [2.45, 2.75) is 25.4 Å². The largest absolute Gasteiger partial charge is 0.399 e. The molecule has 1 aliphatic carbocycles. The number of nitrogens with two attached hydrogens (primary N) is 5. The lowest BCUT2D eigenvalue weighted by Crippen LogP contribution is -2.56. The average Bonchev–Trinajstić information content (AvgIpc) is 2.50. The molecule has 0 aliphatic heterocycles. The van der Waals surface area contributed by atoms with Crippen molar-refractivity contribution >= 4 is 22.8 Å². The van der Waals surface area contributed by atoms with Gasteiger partial charge in [0.05, 0.1) is 39.3 Å². The maximum atomic E-state index is 6.45. The number of hydrogen-bond acceptors (Lipinski definition) is 7. The summed E-state index contributed by atoms with van der Waals surface area (Å²) >= 11 is 0. The Hall–Kier alpha value is -2.63. The summed E-state index contributed by atoms with van der Waals surface area (Å²) in [6.45, 7) is 8.95. The van der Waals surface area contributed by atoms with Crippen molar-refractivity contribution in [3.63, 3.8) is 0 Å². The summed E-state index contributed by atoms with van der Waals surface area (Å²) in [5.41, 5.74) is 37.1. The van der Waals surface area contributed by atoms with E-state index in [2.05, 4.69) is 15.7 Å². The minimum atomic E-state index is -0.707. The average molecular weight is 303 g/mol. The van der Waals surface area contributed by atoms with Gasteiger partial charge in [-0.3, -0.25) is 0 Å². The molecule has 0 amide bonds. The third-order valence-corrected chi connectivity index (χ3v) is 4.62. The number of benzene rings is 1. The number of nitrogens with zero attached hydrogens (tertiary/aromatic N) is 1. The second kappa shape index (κ2) is 4.98. The molecule has 0 spiro atoms. The molecule has 2 rings (SSSR count). The summed E-state index contributed by atoms with van der Waals surface area (Å²) in [6.07, 6.45) is 0. The Morgan fingerprint density at radius 1 is 1.18 bits per heavy atom. The summed E-state index contributed by atoms with van der Waals surface area (Å²) < 4.78 is 0. The first-order valence-corrected chi connectivity index (χ1v) is 6.80. The van der Waals surface area contributed by atoms with Crippen LogP contribution in [0.5, 0.6) is 0 Å². The van der Waals surface area contributed by atoms with Crippen molar-refractivity contribution in [3.8, 4) is 6.57 Å². The molecule has 0 bridgehead atoms. The maximum Gasteiger partial charge on any atom is 0.305 e. The van der Waals surface area contributed by atoms with E-state index in [-0.39, 0.29) is 0 Å². The van der Waals surface area contributed by atoms with Crippen molar-refractivity contribution in [1.29, 1.82) is 0 Å². The molecule has 0 saturated heterocycles. The van der Waals surface area contributed by atoms with E-state index in [0.29, 0.717) is 34.0 Å². The van der Waals surface area contributed by atoms with Crippen LogP contribution in [0.3, 0.4) is 0 Å². The molecule has 0 aromatic heterocycles. The van der Waals surface area contributed by atoms with Gasteiger partial charge in [-0.2, -0.15) is 0 Å². The zero-order valence-corrected chi connectivity index (χ0v) is 13.0. The molecule has 22 heavy (non-hydrogen) atoms. The molecule has 0 radical (unpaired) electrons. The fourth-order valence-electron chi connectivity index (χ4n) is 2.99. The number of anilines is 3. The van der Waals surface area contributed by atoms with Gasteiger partial charge in [-0.05, 0) is 37.4 Å². The van der Waals surface area contributed by atoms with Crippen LogP contribution in [0.15, 0.2) is 5.70 Å². The summed E-state index contributed by atoms with van der Waals surface area (Å²) in [6, 6.07) is -0.471. The Morgan fingerprint density at radius 3 is 2.27 bits per heavy atom. The molecule has 2 atom stereocenters. The van der Waals surface area contributed by atoms with Crippen molar-refractivity contribution in [1.82, 2.24) is 5.32 Å². The summed E-state index contributed by atoms with van der Waals surface area (Å²) in [7, 11) is 1.77. The highest BCUT2D eigenvalue weighted by molar-refractivity contribution is 5.94. The minimum Gasteiger partial charge on any atom is -0.399 e. The summed E-state index contributed by atoms with van der Waals surface area (Å²) in [4.78, 5) is 3.42. The Bertz CT molecular complexity index is 715. The highest BCUT2D eigenvalue weighted by atomic mass is 15.3. The third-order valence-electron chi connectivity index (χ3n) is 4.62. The lowest BCUT2D eigenvalue weighted by atomic mass is 9.74. The van der Waals surface area contributed by atoms with Crippen molar-refractivity contribution < 1.29 is 0 Å². The predicted octanol–water partition coefficient (Wildman–Crippen LogP) is 0.0265. The van der Waals surface area contributed by atoms with E-state index < -0.39 is 11.6 Å². The van der Waals surface area contributed by atoms with E-state index in [1.54, 1.807) is 7.05 Å². The molecule has 1 aromatic rings. The third kappa shape index (κ3) is 1.76. The highest BCUT2D eigenvalue weighted by Gasteiger charge is 2.43. The van der Waals surface area contributed by atoms with Crippen molar-refractivity contribution in [2.75, 3.05) is 23.9 Å². The molecule has 1 aromatic carbocycles. The van der Waals surface area contributed by atoms with Crippen molar-refractivity contribution in [2.24, 2.45) is 17.2 Å². The van der Waals surface area contributed by atoms with Crippen LogP contribution in [0.1, 0.15) is 29.7 Å². The Kier molecular flexibility index (Phi) is 3.56. The van der Waals surface area contributed by atoms with Gasteiger partial charge < -0.3 is 34.0 Å². The standard InChI is InChI=1S/C14H23N8/c1-5-6-7(8(15)10(17)11(5)22-21-4)9(16)13(19)14(2,20-3)12(6)18/h4,12,20,22H,15-19H2,1-3H3/q+1. The van der Waals surface area contributed by atoms with Crippen LogP contribution in [0, 0.1) is 13.5 Å². The van der Waals surface area contributed by atoms with Gasteiger partial charge in [0, 0.05) is 5.56 Å². The zero-order valence-electron chi connectivity index (χ0n) is 13.0. The molecule has 118 valence electrons. The quantitative estimate of drug-likeness (QED) is 0.300. The van der Waals surface area contributed by atoms with Gasteiger partial charge in [-0.1, -0.05) is 0 Å². The van der Waals surface area contributed by atoms with Gasteiger partial charge in [0.25, 0.3) is 0 Å². The molecule has 1 aliphatic rings. The SMILES string of the molecule is C#[N+]Nc1c(C)c2c(c(N)c1N)C(N)=C(N)C(C)(NC)C2N. The smallest absolute Gasteiger partial charge is 0.305 e. The number of nitrogens with one attached hydrogen (secondary N) is 2. The van der Waals surface area contributed by atoms with Crippen LogP contribution < -0.4 is 39.4 Å². The van der Waals surface area contributed by atoms with Crippen LogP contribution in [0.4, 0.5) is 17.1 Å². The van der Waals surface area contributed by atoms with Crippen LogP contribution in [-0.2, 0) is 0 Å². The normalized spacial score (nSPS) is 23.9. The molecule has 8 nitrogen and oxygen atoms in total. The summed E-state index contributed by atoms with van der Waals surface area (Å²) in [5, 5.41) is 3.14. The van der Waals surface area contributed by atoms with Crippen LogP contribution in [-0.4, -0.2) is 12.6 Å². The van der Waals surface area contributed by atoms with Gasteiger partial charge in [0.2, 0.25) is 0 Å². The van der Waals surface area contributed by atoms with E-state index in [1.165, 1.54) is 0 Å². The van der Waals surface area contributed by atoms with E-state index in [4.69, 9.17) is 35.2 Å². The number of likely N-dealkylation sites (N-methyl/N-ethyl adjacent to an activating group) is 1. The number of rotatable bonds is 2. The second-order valence-corrected chi connectivity index (χ2v) is 5.61. The van der Waals surface area contributed by atoms with Gasteiger partial charge >= 0.3 is 6.57 Å². The van der Waals surface area contributed by atoms with Crippen LogP contribution >= 0.6 is 0 Å². The summed E-state index contributed by atoms with van der Waals surface area (Å²) in [5.74, 6) is 0. The lowest BCUT2D eigenvalue weighted by Gasteiger charge is -2.42. The molecule has 8 heteroatoms. The Labute approximate surface area is 129 Å². The van der Waals surface area contributed by atoms with Crippen LogP contribution in [0.25, 0.3) is 10.7 Å². The molecule has 0 heterocycles. The minimum absolute atomic E-state index is 0.306. The lowest BCUT2D eigenvalue weighted by molar-refractivity contribution is 0.363. The first kappa shape index (κ1) is 15.8. The number of fused-ring (bicyclic) bond motifs is 1. The van der Waals surface area contributed by atoms with E-state index in [9.17, 15) is 0 Å². The van der Waals surface area contributed by atoms with Crippen LogP contribution in [0.2, 0.25) is 0 Å². The molecule has 12 N–H and O–H groups in total. The van der Waals surface area contributed by atoms with Gasteiger partial charge in [-0.15, -0.1) is 0 Å². The maximum absolute atomic E-state index is 6.45. The van der Waals surface area contributed by atoms with Gasteiger partial charge in [0.15, 0.2) is 0 Å². The Balaban J connectivity index is 2.93. The molecular weight excluding hydrogens is 280 g/mol. The van der Waals surface area contributed by atoms with E-state index in [0.717, 1.165) is 11.1 Å². The van der Waals surface area contributed by atoms with E-state index in [1.807, 2.05) is 13.8 Å². The molecule has 0 saturated carbocycles. The predicted molar refractivity (Wildman–Crippen MR) is 91.6 cm³/mol. The van der Waals surface area contributed by atoms with Gasteiger partial charge in [-0.25, -0.2) is 0 Å². The highest BCUT2D eigenvalue weighted by Crippen LogP contribution is 2.47. The fourth-order valence-corrected chi connectivity index (χ4v) is 2.99. The number of hydrogen-bond donors (Lipinski definition) is 7. The molecule has 2 unspecified atom stereocenters. The van der Waals surface area contributed by atoms with Gasteiger partial charge in [0.1, 0.15) is 5.69 Å². The number of nitrogen functional groups attached to an aromatic ring is 2. The first-order chi connectivity index (χ1) is 10.2. The molecule has 0 fully saturated rings. The monoisotopic (exact) mass is 303 g/mol. The Morgan fingerprint density at radius 2 is 1.77 bits per heavy atom. The zero-order chi connectivity index (χ0) is 16.8. The molecular formula is C14H23N8+. The second-order valence-electron chi connectivity index (χ2n) is 5.61. The van der Waals surface area contributed by atoms with Crippen molar-refractivity contribution in [3.05, 3.63) is 27.3 Å². The topological polar surface area (TPSA) is 159 Å².